The number of carbonyl (C=O) groups excluding carboxylic acids is 1. The second-order valence-electron chi connectivity index (χ2n) is 4.26. The number of alkyl halides is 1. The third-order valence-electron chi connectivity index (χ3n) is 2.71. The molecule has 0 fully saturated rings. The Hall–Kier alpha value is -1.87. The van der Waals surface area contributed by atoms with Gasteiger partial charge in [-0.15, -0.1) is 11.6 Å². The van der Waals surface area contributed by atoms with Crippen LogP contribution in [0.2, 0.25) is 0 Å². The highest BCUT2D eigenvalue weighted by atomic mass is 35.5. The van der Waals surface area contributed by atoms with Gasteiger partial charge in [-0.1, -0.05) is 36.4 Å². The number of rotatable bonds is 4. The Balaban J connectivity index is 1.95. The number of nitrogens with one attached hydrogen (secondary N) is 1. The molecule has 1 heterocycles. The van der Waals surface area contributed by atoms with Gasteiger partial charge in [0.25, 0.3) is 0 Å². The molecule has 0 radical (unpaired) electrons. The maximum Gasteiger partial charge on any atom is 0.242 e. The first-order valence-electron chi connectivity index (χ1n) is 6.06. The van der Waals surface area contributed by atoms with Gasteiger partial charge in [0.15, 0.2) is 0 Å². The minimum absolute atomic E-state index is 0.212. The lowest BCUT2D eigenvalue weighted by atomic mass is 10.1. The van der Waals surface area contributed by atoms with E-state index in [0.717, 1.165) is 17.0 Å². The Bertz CT molecular complexity index is 557. The number of aromatic nitrogens is 1. The maximum absolute atomic E-state index is 11.9. The topological polar surface area (TPSA) is 42.0 Å². The van der Waals surface area contributed by atoms with Gasteiger partial charge in [-0.05, 0) is 24.6 Å². The smallest absolute Gasteiger partial charge is 0.242 e. The molecule has 1 atom stereocenters. The van der Waals surface area contributed by atoms with E-state index in [1.165, 1.54) is 0 Å². The van der Waals surface area contributed by atoms with Crippen LogP contribution in [0.25, 0.3) is 0 Å². The highest BCUT2D eigenvalue weighted by molar-refractivity contribution is 6.30. The van der Waals surface area contributed by atoms with Crippen molar-refractivity contribution in [2.75, 3.05) is 0 Å². The minimum atomic E-state index is -0.675. The van der Waals surface area contributed by atoms with Gasteiger partial charge in [0.05, 0.1) is 12.2 Å². The van der Waals surface area contributed by atoms with Crippen LogP contribution in [-0.4, -0.2) is 10.9 Å². The van der Waals surface area contributed by atoms with Gasteiger partial charge in [0, 0.05) is 5.69 Å². The quantitative estimate of drug-likeness (QED) is 0.871. The van der Waals surface area contributed by atoms with Crippen molar-refractivity contribution in [3.63, 3.8) is 0 Å². The van der Waals surface area contributed by atoms with E-state index in [0.29, 0.717) is 6.54 Å². The van der Waals surface area contributed by atoms with Crippen molar-refractivity contribution >= 4 is 17.5 Å². The van der Waals surface area contributed by atoms with Crippen molar-refractivity contribution in [1.29, 1.82) is 0 Å². The lowest BCUT2D eigenvalue weighted by Gasteiger charge is -2.10. The summed E-state index contributed by atoms with van der Waals surface area (Å²) in [7, 11) is 0. The minimum Gasteiger partial charge on any atom is -0.349 e. The molecular formula is C15H15ClN2O. The largest absolute Gasteiger partial charge is 0.349 e. The van der Waals surface area contributed by atoms with E-state index in [4.69, 9.17) is 11.6 Å². The zero-order valence-corrected chi connectivity index (χ0v) is 11.4. The number of benzene rings is 1. The highest BCUT2D eigenvalue weighted by Gasteiger charge is 2.16. The van der Waals surface area contributed by atoms with Crippen LogP contribution in [-0.2, 0) is 11.3 Å². The summed E-state index contributed by atoms with van der Waals surface area (Å²) in [4.78, 5) is 16.3. The molecule has 0 aliphatic rings. The van der Waals surface area contributed by atoms with Gasteiger partial charge in [-0.25, -0.2) is 0 Å². The van der Waals surface area contributed by atoms with Crippen molar-refractivity contribution in [3.8, 4) is 0 Å². The first-order valence-corrected chi connectivity index (χ1v) is 6.50. The van der Waals surface area contributed by atoms with Crippen LogP contribution in [0.15, 0.2) is 48.5 Å². The number of amides is 1. The molecule has 19 heavy (non-hydrogen) atoms. The van der Waals surface area contributed by atoms with E-state index >= 15 is 0 Å². The molecule has 1 aromatic carbocycles. The molecule has 3 nitrogen and oxygen atoms in total. The molecule has 1 N–H and O–H groups in total. The summed E-state index contributed by atoms with van der Waals surface area (Å²) in [6.45, 7) is 2.30. The number of aryl methyl sites for hydroxylation is 1. The monoisotopic (exact) mass is 274 g/mol. The zero-order valence-electron chi connectivity index (χ0n) is 10.6. The standard InChI is InChI=1S/C15H15ClN2O/c1-11-6-5-9-13(18-11)10-17-15(19)14(16)12-7-3-2-4-8-12/h2-9,14H,10H2,1H3,(H,17,19). The molecule has 4 heteroatoms. The van der Waals surface area contributed by atoms with Crippen LogP contribution in [0.1, 0.15) is 22.3 Å². The summed E-state index contributed by atoms with van der Waals surface area (Å²) in [6.07, 6.45) is 0. The molecule has 0 bridgehead atoms. The fourth-order valence-electron chi connectivity index (χ4n) is 1.74. The van der Waals surface area contributed by atoms with Crippen LogP contribution < -0.4 is 5.32 Å². The van der Waals surface area contributed by atoms with Crippen molar-refractivity contribution in [2.45, 2.75) is 18.8 Å². The Labute approximate surface area is 117 Å². The van der Waals surface area contributed by atoms with Crippen molar-refractivity contribution in [1.82, 2.24) is 10.3 Å². The summed E-state index contributed by atoms with van der Waals surface area (Å²) in [5, 5.41) is 2.12. The number of hydrogen-bond acceptors (Lipinski definition) is 2. The molecule has 2 rings (SSSR count). The van der Waals surface area contributed by atoms with E-state index in [2.05, 4.69) is 10.3 Å². The van der Waals surface area contributed by atoms with Gasteiger partial charge >= 0.3 is 0 Å². The van der Waals surface area contributed by atoms with Crippen molar-refractivity contribution in [3.05, 3.63) is 65.5 Å². The molecule has 98 valence electrons. The fourth-order valence-corrected chi connectivity index (χ4v) is 1.96. The van der Waals surface area contributed by atoms with Gasteiger partial charge in [-0.2, -0.15) is 0 Å². The van der Waals surface area contributed by atoms with Gasteiger partial charge < -0.3 is 5.32 Å². The third-order valence-corrected chi connectivity index (χ3v) is 3.16. The molecule has 1 amide bonds. The summed E-state index contributed by atoms with van der Waals surface area (Å²) >= 11 is 6.12. The molecule has 0 aliphatic heterocycles. The number of hydrogen-bond donors (Lipinski definition) is 1. The van der Waals surface area contributed by atoms with Crippen LogP contribution in [0.3, 0.4) is 0 Å². The van der Waals surface area contributed by atoms with Gasteiger partial charge in [0.2, 0.25) is 5.91 Å². The fraction of sp³-hybridized carbons (Fsp3) is 0.200. The molecule has 0 spiro atoms. The molecule has 1 unspecified atom stereocenters. The molecular weight excluding hydrogens is 260 g/mol. The van der Waals surface area contributed by atoms with E-state index in [1.807, 2.05) is 55.5 Å². The van der Waals surface area contributed by atoms with Crippen molar-refractivity contribution in [2.24, 2.45) is 0 Å². The van der Waals surface area contributed by atoms with Gasteiger partial charge in [-0.3, -0.25) is 9.78 Å². The number of nitrogens with zero attached hydrogens (tertiary/aromatic N) is 1. The summed E-state index contributed by atoms with van der Waals surface area (Å²) in [5.41, 5.74) is 2.54. The number of carbonyl (C=O) groups is 1. The summed E-state index contributed by atoms with van der Waals surface area (Å²) < 4.78 is 0. The Morgan fingerprint density at radius 3 is 2.63 bits per heavy atom. The summed E-state index contributed by atoms with van der Waals surface area (Å²) in [6, 6.07) is 15.0. The summed E-state index contributed by atoms with van der Waals surface area (Å²) in [5.74, 6) is -0.212. The normalized spacial score (nSPS) is 11.9. The first-order chi connectivity index (χ1) is 9.16. The Morgan fingerprint density at radius 2 is 1.95 bits per heavy atom. The lowest BCUT2D eigenvalue weighted by Crippen LogP contribution is -2.26. The molecule has 0 aliphatic carbocycles. The van der Waals surface area contributed by atoms with Crippen LogP contribution >= 0.6 is 11.6 Å². The molecule has 0 saturated heterocycles. The predicted molar refractivity (Wildman–Crippen MR) is 75.9 cm³/mol. The molecule has 1 aromatic heterocycles. The van der Waals surface area contributed by atoms with Crippen LogP contribution in [0.5, 0.6) is 0 Å². The van der Waals surface area contributed by atoms with E-state index in [-0.39, 0.29) is 5.91 Å². The third kappa shape index (κ3) is 3.80. The lowest BCUT2D eigenvalue weighted by molar-refractivity contribution is -0.121. The second kappa shape index (κ2) is 6.34. The average molecular weight is 275 g/mol. The number of halogens is 1. The predicted octanol–water partition coefficient (Wildman–Crippen LogP) is 2.99. The second-order valence-corrected chi connectivity index (χ2v) is 4.70. The van der Waals surface area contributed by atoms with Crippen molar-refractivity contribution < 1.29 is 4.79 Å². The first kappa shape index (κ1) is 13.6. The number of pyridine rings is 1. The maximum atomic E-state index is 11.9. The Morgan fingerprint density at radius 1 is 1.21 bits per heavy atom. The average Bonchev–Trinajstić information content (AvgIpc) is 2.45. The van der Waals surface area contributed by atoms with Crippen LogP contribution in [0, 0.1) is 6.92 Å². The van der Waals surface area contributed by atoms with E-state index in [1.54, 1.807) is 0 Å². The highest BCUT2D eigenvalue weighted by Crippen LogP contribution is 2.19. The molecule has 0 saturated carbocycles. The Kier molecular flexibility index (Phi) is 4.53. The zero-order chi connectivity index (χ0) is 13.7. The SMILES string of the molecule is Cc1cccc(CNC(=O)C(Cl)c2ccccc2)n1. The van der Waals surface area contributed by atoms with Crippen LogP contribution in [0.4, 0.5) is 0 Å². The van der Waals surface area contributed by atoms with Gasteiger partial charge in [0.1, 0.15) is 5.38 Å². The molecule has 2 aromatic rings. The van der Waals surface area contributed by atoms with E-state index in [9.17, 15) is 4.79 Å². The van der Waals surface area contributed by atoms with E-state index < -0.39 is 5.38 Å².